The van der Waals surface area contributed by atoms with Crippen LogP contribution in [-0.4, -0.2) is 38.6 Å². The highest BCUT2D eigenvalue weighted by Gasteiger charge is 2.13. The average molecular weight is 295 g/mol. The molecular weight excluding hydrogens is 270 g/mol. The molecule has 0 spiro atoms. The van der Waals surface area contributed by atoms with Crippen LogP contribution in [0.2, 0.25) is 0 Å². The van der Waals surface area contributed by atoms with Crippen molar-refractivity contribution < 1.29 is 19.3 Å². The number of nitrogens with one attached hydrogen (secondary N) is 1. The van der Waals surface area contributed by atoms with E-state index in [4.69, 9.17) is 14.2 Å². The quantitative estimate of drug-likeness (QED) is 0.757. The second kappa shape index (κ2) is 8.10. The Labute approximate surface area is 126 Å². The van der Waals surface area contributed by atoms with Gasteiger partial charge in [-0.05, 0) is 49.9 Å². The minimum atomic E-state index is 0.0411. The summed E-state index contributed by atoms with van der Waals surface area (Å²) in [5.74, 6) is 0.905. The lowest BCUT2D eigenvalue weighted by Gasteiger charge is -2.22. The van der Waals surface area contributed by atoms with Crippen LogP contribution < -0.4 is 14.8 Å². The fourth-order valence-electron chi connectivity index (χ4n) is 2.58. The van der Waals surface area contributed by atoms with Crippen LogP contribution in [0.1, 0.15) is 31.2 Å². The zero-order valence-electron chi connectivity index (χ0n) is 12.9. The van der Waals surface area contributed by atoms with Gasteiger partial charge in [0.2, 0.25) is 5.75 Å². The van der Waals surface area contributed by atoms with Crippen molar-refractivity contribution in [2.45, 2.75) is 38.3 Å². The summed E-state index contributed by atoms with van der Waals surface area (Å²) in [6, 6.07) is 3.64. The lowest BCUT2D eigenvalue weighted by molar-refractivity contribution is 0.0115. The van der Waals surface area contributed by atoms with Gasteiger partial charge in [-0.2, -0.15) is 0 Å². The highest BCUT2D eigenvalue weighted by Crippen LogP contribution is 2.36. The smallest absolute Gasteiger partial charge is 0.200 e. The molecule has 0 bridgehead atoms. The molecule has 5 nitrogen and oxygen atoms in total. The molecule has 0 radical (unpaired) electrons. The van der Waals surface area contributed by atoms with Gasteiger partial charge in [0.25, 0.3) is 0 Å². The Balaban J connectivity index is 1.82. The van der Waals surface area contributed by atoms with Crippen molar-refractivity contribution in [3.8, 4) is 17.2 Å². The first kappa shape index (κ1) is 15.9. The Morgan fingerprint density at radius 1 is 1.24 bits per heavy atom. The van der Waals surface area contributed by atoms with Gasteiger partial charge >= 0.3 is 0 Å². The van der Waals surface area contributed by atoms with E-state index >= 15 is 0 Å². The number of phenols is 1. The van der Waals surface area contributed by atoms with Gasteiger partial charge in [0.15, 0.2) is 11.5 Å². The Hall–Kier alpha value is -1.46. The number of aromatic hydroxyl groups is 1. The third kappa shape index (κ3) is 4.51. The Morgan fingerprint density at radius 3 is 2.52 bits per heavy atom. The Morgan fingerprint density at radius 2 is 1.95 bits per heavy atom. The Kier molecular flexibility index (Phi) is 6.14. The summed E-state index contributed by atoms with van der Waals surface area (Å²) in [5.41, 5.74) is 1.02. The van der Waals surface area contributed by atoms with E-state index in [0.717, 1.165) is 25.1 Å². The second-order valence-corrected chi connectivity index (χ2v) is 5.30. The molecule has 2 N–H and O–H groups in total. The van der Waals surface area contributed by atoms with Crippen LogP contribution in [0.4, 0.5) is 0 Å². The highest BCUT2D eigenvalue weighted by molar-refractivity contribution is 5.52. The largest absolute Gasteiger partial charge is 0.502 e. The van der Waals surface area contributed by atoms with Crippen molar-refractivity contribution in [2.24, 2.45) is 0 Å². The topological polar surface area (TPSA) is 60.0 Å². The van der Waals surface area contributed by atoms with Crippen molar-refractivity contribution in [3.63, 3.8) is 0 Å². The predicted octanol–water partition coefficient (Wildman–Crippen LogP) is 2.46. The molecule has 21 heavy (non-hydrogen) atoms. The maximum Gasteiger partial charge on any atom is 0.200 e. The SMILES string of the molecule is COc1cc(CNCCC2CCCCO2)cc(OC)c1O. The molecule has 1 aliphatic rings. The first-order valence-electron chi connectivity index (χ1n) is 7.50. The lowest BCUT2D eigenvalue weighted by atomic mass is 10.1. The molecule has 2 rings (SSSR count). The minimum Gasteiger partial charge on any atom is -0.502 e. The number of ether oxygens (including phenoxy) is 3. The summed E-state index contributed by atoms with van der Waals surface area (Å²) in [5, 5.41) is 13.3. The van der Waals surface area contributed by atoms with Gasteiger partial charge < -0.3 is 24.6 Å². The van der Waals surface area contributed by atoms with E-state index in [0.29, 0.717) is 24.1 Å². The molecule has 1 aromatic carbocycles. The summed E-state index contributed by atoms with van der Waals surface area (Å²) < 4.78 is 16.0. The number of methoxy groups -OCH3 is 2. The number of rotatable bonds is 7. The van der Waals surface area contributed by atoms with E-state index in [1.165, 1.54) is 33.5 Å². The van der Waals surface area contributed by atoms with Crippen molar-refractivity contribution in [1.29, 1.82) is 0 Å². The third-order valence-electron chi connectivity index (χ3n) is 3.79. The summed E-state index contributed by atoms with van der Waals surface area (Å²) in [4.78, 5) is 0. The maximum absolute atomic E-state index is 9.87. The zero-order valence-corrected chi connectivity index (χ0v) is 12.9. The van der Waals surface area contributed by atoms with E-state index in [1.807, 2.05) is 12.1 Å². The van der Waals surface area contributed by atoms with Gasteiger partial charge in [0.05, 0.1) is 20.3 Å². The molecule has 1 aromatic rings. The predicted molar refractivity (Wildman–Crippen MR) is 81.1 cm³/mol. The van der Waals surface area contributed by atoms with Crippen LogP contribution in [0, 0.1) is 0 Å². The molecule has 0 saturated carbocycles. The second-order valence-electron chi connectivity index (χ2n) is 5.30. The molecule has 1 saturated heterocycles. The summed E-state index contributed by atoms with van der Waals surface area (Å²) >= 11 is 0. The van der Waals surface area contributed by atoms with Crippen LogP contribution in [0.15, 0.2) is 12.1 Å². The van der Waals surface area contributed by atoms with E-state index in [9.17, 15) is 5.11 Å². The van der Waals surface area contributed by atoms with Crippen LogP contribution >= 0.6 is 0 Å². The molecule has 118 valence electrons. The molecule has 5 heteroatoms. The zero-order chi connectivity index (χ0) is 15.1. The molecular formula is C16H25NO4. The standard InChI is InChI=1S/C16H25NO4/c1-19-14-9-12(10-15(20-2)16(14)18)11-17-7-6-13-5-3-4-8-21-13/h9-10,13,17-18H,3-8,11H2,1-2H3. The fraction of sp³-hybridized carbons (Fsp3) is 0.625. The molecule has 1 aliphatic heterocycles. The van der Waals surface area contributed by atoms with Crippen LogP contribution in [-0.2, 0) is 11.3 Å². The van der Waals surface area contributed by atoms with E-state index in [-0.39, 0.29) is 5.75 Å². The number of hydrogen-bond donors (Lipinski definition) is 2. The molecule has 1 unspecified atom stereocenters. The van der Waals surface area contributed by atoms with Gasteiger partial charge in [-0.3, -0.25) is 0 Å². The van der Waals surface area contributed by atoms with Gasteiger partial charge in [-0.1, -0.05) is 0 Å². The minimum absolute atomic E-state index is 0.0411. The fourth-order valence-corrected chi connectivity index (χ4v) is 2.58. The van der Waals surface area contributed by atoms with E-state index in [2.05, 4.69) is 5.32 Å². The third-order valence-corrected chi connectivity index (χ3v) is 3.79. The lowest BCUT2D eigenvalue weighted by Crippen LogP contribution is -2.25. The Bertz CT molecular complexity index is 419. The van der Waals surface area contributed by atoms with Crippen LogP contribution in [0.25, 0.3) is 0 Å². The summed E-state index contributed by atoms with van der Waals surface area (Å²) in [6.07, 6.45) is 5.07. The van der Waals surface area contributed by atoms with Gasteiger partial charge in [0, 0.05) is 13.2 Å². The molecule has 1 heterocycles. The molecule has 0 amide bonds. The number of benzene rings is 1. The van der Waals surface area contributed by atoms with Crippen LogP contribution in [0.3, 0.4) is 0 Å². The van der Waals surface area contributed by atoms with Crippen molar-refractivity contribution in [2.75, 3.05) is 27.4 Å². The van der Waals surface area contributed by atoms with E-state index < -0.39 is 0 Å². The van der Waals surface area contributed by atoms with E-state index in [1.54, 1.807) is 0 Å². The molecule has 1 atom stereocenters. The highest BCUT2D eigenvalue weighted by atomic mass is 16.5. The van der Waals surface area contributed by atoms with Crippen molar-refractivity contribution >= 4 is 0 Å². The van der Waals surface area contributed by atoms with Crippen molar-refractivity contribution in [1.82, 2.24) is 5.32 Å². The molecule has 0 aromatic heterocycles. The van der Waals surface area contributed by atoms with Crippen LogP contribution in [0.5, 0.6) is 17.2 Å². The number of phenolic OH excluding ortho intramolecular Hbond substituents is 1. The molecule has 1 fully saturated rings. The molecule has 0 aliphatic carbocycles. The van der Waals surface area contributed by atoms with Gasteiger partial charge in [0.1, 0.15) is 0 Å². The number of hydrogen-bond acceptors (Lipinski definition) is 5. The monoisotopic (exact) mass is 295 g/mol. The first-order chi connectivity index (χ1) is 10.2. The summed E-state index contributed by atoms with van der Waals surface area (Å²) in [6.45, 7) is 2.52. The van der Waals surface area contributed by atoms with Gasteiger partial charge in [-0.25, -0.2) is 0 Å². The maximum atomic E-state index is 9.87. The summed E-state index contributed by atoms with van der Waals surface area (Å²) in [7, 11) is 3.07. The van der Waals surface area contributed by atoms with Crippen molar-refractivity contribution in [3.05, 3.63) is 17.7 Å². The van der Waals surface area contributed by atoms with Gasteiger partial charge in [-0.15, -0.1) is 0 Å². The average Bonchev–Trinajstić information content (AvgIpc) is 2.53. The first-order valence-corrected chi connectivity index (χ1v) is 7.50. The normalized spacial score (nSPS) is 18.5.